The Balaban J connectivity index is 0.00000512. The second-order valence-electron chi connectivity index (χ2n) is 7.71. The molecule has 1 unspecified atom stereocenters. The molecule has 1 aromatic rings. The number of aliphatic hydroxyl groups excluding tert-OH is 2. The Morgan fingerprint density at radius 3 is 2.41 bits per heavy atom. The first-order valence-electron chi connectivity index (χ1n) is 8.89. The molecule has 2 heterocycles. The van der Waals surface area contributed by atoms with E-state index in [2.05, 4.69) is 9.29 Å². The fraction of sp³-hybridized carbons (Fsp3) is 0.714. The van der Waals surface area contributed by atoms with E-state index >= 15 is 0 Å². The Morgan fingerprint density at radius 2 is 1.88 bits per heavy atom. The van der Waals surface area contributed by atoms with Crippen molar-refractivity contribution in [2.24, 2.45) is 0 Å². The molecule has 0 radical (unpaired) electrons. The summed E-state index contributed by atoms with van der Waals surface area (Å²) < 4.78 is 43.9. The number of aromatic nitrogens is 2. The second kappa shape index (κ2) is 11.5. The SMILES string of the molecule is C[N+](C)(C)CCOP(=O)(OC[C@H]1O[C@@H](n2ccc(N)nc2=O)[C@H](O)[C@@H]1O)OP(=O)([O-])[O-].[Na+]. The van der Waals surface area contributed by atoms with Crippen molar-refractivity contribution < 1.29 is 81.3 Å². The van der Waals surface area contributed by atoms with Crippen molar-refractivity contribution in [1.82, 2.24) is 9.55 Å². The zero-order chi connectivity index (χ0) is 23.6. The molecule has 178 valence electrons. The molecule has 32 heavy (non-hydrogen) atoms. The normalized spacial score (nSPS) is 25.8. The summed E-state index contributed by atoms with van der Waals surface area (Å²) in [7, 11) is -5.33. The molecule has 2 rings (SSSR count). The van der Waals surface area contributed by atoms with Crippen molar-refractivity contribution in [3.63, 3.8) is 0 Å². The van der Waals surface area contributed by atoms with Crippen LogP contribution < -0.4 is 50.8 Å². The number of phosphoric ester groups is 1. The first-order valence-corrected chi connectivity index (χ1v) is 11.8. The summed E-state index contributed by atoms with van der Waals surface area (Å²) in [6, 6.07) is 1.26. The van der Waals surface area contributed by atoms with Gasteiger partial charge in [-0.3, -0.25) is 17.9 Å². The van der Waals surface area contributed by atoms with Gasteiger partial charge in [0, 0.05) is 6.20 Å². The van der Waals surface area contributed by atoms with Crippen molar-refractivity contribution in [3.8, 4) is 0 Å². The Bertz CT molecular complexity index is 921. The Morgan fingerprint density at radius 1 is 1.25 bits per heavy atom. The van der Waals surface area contributed by atoms with Crippen molar-refractivity contribution in [2.45, 2.75) is 24.5 Å². The molecule has 18 heteroatoms. The minimum Gasteiger partial charge on any atom is -0.789 e. The van der Waals surface area contributed by atoms with Crippen LogP contribution in [-0.4, -0.2) is 83.5 Å². The Labute approximate surface area is 205 Å². The van der Waals surface area contributed by atoms with Gasteiger partial charge in [0.25, 0.3) is 0 Å². The number of nitrogen functional groups attached to an aromatic ring is 1. The van der Waals surface area contributed by atoms with E-state index < -0.39 is 52.5 Å². The van der Waals surface area contributed by atoms with Crippen LogP contribution in [0, 0.1) is 0 Å². The molecule has 1 saturated heterocycles. The van der Waals surface area contributed by atoms with Crippen LogP contribution in [0.1, 0.15) is 6.23 Å². The fourth-order valence-electron chi connectivity index (χ4n) is 2.51. The van der Waals surface area contributed by atoms with Gasteiger partial charge in [0.05, 0.1) is 35.6 Å². The van der Waals surface area contributed by atoms with Crippen LogP contribution in [0.15, 0.2) is 17.1 Å². The first-order chi connectivity index (χ1) is 14.1. The van der Waals surface area contributed by atoms with Gasteiger partial charge in [-0.2, -0.15) is 4.98 Å². The first kappa shape index (κ1) is 29.8. The number of nitrogens with zero attached hydrogens (tertiary/aromatic N) is 3. The summed E-state index contributed by atoms with van der Waals surface area (Å²) >= 11 is 0. The summed E-state index contributed by atoms with van der Waals surface area (Å²) in [4.78, 5) is 37.3. The number of likely N-dealkylation sites (N-methyl/N-ethyl adjacent to an activating group) is 1. The molecule has 0 aromatic carbocycles. The molecule has 1 fully saturated rings. The number of anilines is 1. The fourth-order valence-corrected chi connectivity index (χ4v) is 4.58. The van der Waals surface area contributed by atoms with Crippen molar-refractivity contribution >= 4 is 21.5 Å². The topological polar surface area (TPSA) is 219 Å². The molecule has 1 aliphatic heterocycles. The Kier molecular flexibility index (Phi) is 10.7. The average Bonchev–Trinajstić information content (AvgIpc) is 2.86. The molecule has 1 aliphatic rings. The van der Waals surface area contributed by atoms with Gasteiger partial charge in [-0.15, -0.1) is 0 Å². The van der Waals surface area contributed by atoms with Gasteiger partial charge in [-0.1, -0.05) is 0 Å². The van der Waals surface area contributed by atoms with Crippen molar-refractivity contribution in [1.29, 1.82) is 0 Å². The summed E-state index contributed by atoms with van der Waals surface area (Å²) in [5, 5.41) is 20.4. The largest absolute Gasteiger partial charge is 1.00 e. The van der Waals surface area contributed by atoms with Gasteiger partial charge in [-0.05, 0) is 6.07 Å². The maximum absolute atomic E-state index is 12.6. The molecule has 0 aliphatic carbocycles. The number of phosphoric acid groups is 2. The van der Waals surface area contributed by atoms with Crippen molar-refractivity contribution in [2.75, 3.05) is 46.6 Å². The third-order valence-electron chi connectivity index (χ3n) is 4.07. The van der Waals surface area contributed by atoms with E-state index in [1.807, 2.05) is 0 Å². The van der Waals surface area contributed by atoms with Crippen LogP contribution >= 0.6 is 15.6 Å². The maximum atomic E-state index is 12.6. The number of hydrogen-bond donors (Lipinski definition) is 3. The van der Waals surface area contributed by atoms with E-state index in [0.29, 0.717) is 4.48 Å². The van der Waals surface area contributed by atoms with Gasteiger partial charge in [0.1, 0.15) is 37.3 Å². The minimum atomic E-state index is -5.76. The van der Waals surface area contributed by atoms with Gasteiger partial charge < -0.3 is 39.5 Å². The van der Waals surface area contributed by atoms with E-state index in [1.54, 1.807) is 21.1 Å². The molecule has 0 spiro atoms. The molecular formula is C14H25N4NaO11P2. The third-order valence-corrected chi connectivity index (χ3v) is 6.64. The third kappa shape index (κ3) is 8.85. The van der Waals surface area contributed by atoms with Gasteiger partial charge in [0.15, 0.2) is 6.23 Å². The molecule has 0 amide bonds. The predicted molar refractivity (Wildman–Crippen MR) is 99.9 cm³/mol. The number of hydrogen-bond acceptors (Lipinski definition) is 13. The number of rotatable bonds is 10. The molecule has 4 N–H and O–H groups in total. The van der Waals surface area contributed by atoms with Gasteiger partial charge in [-0.25, -0.2) is 9.36 Å². The number of nitrogens with two attached hydrogens (primary N) is 1. The number of quaternary nitrogens is 1. The number of ether oxygens (including phenoxy) is 1. The smallest absolute Gasteiger partial charge is 0.789 e. The van der Waals surface area contributed by atoms with Gasteiger partial charge in [0.2, 0.25) is 0 Å². The standard InChI is InChI=1S/C14H26N4O11P2.Na/c1-18(2,3)6-7-26-31(25,29-30(22,23)24)27-8-9-11(19)12(20)13(28-9)17-5-4-10(15)16-14(17)21;/h4-5,9,11-13,19-20H,6-8H2,1-3H3,(H3-,15,16,21,22,23,24);/q;+1/p-1/t9-,11-,12-,13-,31?;/m1./s1. The predicted octanol–water partition coefficient (Wildman–Crippen LogP) is -5.86. The van der Waals surface area contributed by atoms with Gasteiger partial charge >= 0.3 is 43.1 Å². The second-order valence-corrected chi connectivity index (χ2v) is 10.7. The van der Waals surface area contributed by atoms with Crippen LogP contribution in [0.4, 0.5) is 5.82 Å². The van der Waals surface area contributed by atoms with E-state index in [-0.39, 0.29) is 48.5 Å². The van der Waals surface area contributed by atoms with Crippen LogP contribution in [0.5, 0.6) is 0 Å². The molecule has 0 bridgehead atoms. The zero-order valence-electron chi connectivity index (χ0n) is 18.0. The van der Waals surface area contributed by atoms with Crippen LogP contribution in [0.25, 0.3) is 0 Å². The summed E-state index contributed by atoms with van der Waals surface area (Å²) in [5.41, 5.74) is 4.53. The molecule has 5 atom stereocenters. The van der Waals surface area contributed by atoms with Crippen LogP contribution in [-0.2, 0) is 27.2 Å². The van der Waals surface area contributed by atoms with Crippen molar-refractivity contribution in [3.05, 3.63) is 22.7 Å². The van der Waals surface area contributed by atoms with Crippen LogP contribution in [0.3, 0.4) is 0 Å². The summed E-state index contributed by atoms with van der Waals surface area (Å²) in [5.74, 6) is -0.0714. The monoisotopic (exact) mass is 510 g/mol. The summed E-state index contributed by atoms with van der Waals surface area (Å²) in [6.45, 7) is -0.824. The zero-order valence-corrected chi connectivity index (χ0v) is 21.8. The van der Waals surface area contributed by atoms with Crippen LogP contribution in [0.2, 0.25) is 0 Å². The number of aliphatic hydroxyl groups is 2. The molecule has 0 saturated carbocycles. The molecule has 15 nitrogen and oxygen atoms in total. The quantitative estimate of drug-likeness (QED) is 0.152. The Hall–Kier alpha value is -0.220. The maximum Gasteiger partial charge on any atom is 1.00 e. The minimum absolute atomic E-state index is 0. The van der Waals surface area contributed by atoms with E-state index in [9.17, 15) is 33.9 Å². The average molecular weight is 510 g/mol. The molecule has 1 aromatic heterocycles. The molecular weight excluding hydrogens is 485 g/mol. The summed E-state index contributed by atoms with van der Waals surface area (Å²) in [6.07, 6.45) is -4.86. The van der Waals surface area contributed by atoms with E-state index in [1.165, 1.54) is 12.3 Å². The van der Waals surface area contributed by atoms with E-state index in [0.717, 1.165) is 4.57 Å². The van der Waals surface area contributed by atoms with E-state index in [4.69, 9.17) is 19.5 Å².